The second-order valence-electron chi connectivity index (χ2n) is 8.75. The van der Waals surface area contributed by atoms with Crippen molar-refractivity contribution < 1.29 is 24.1 Å². The third-order valence-electron chi connectivity index (χ3n) is 6.86. The van der Waals surface area contributed by atoms with E-state index in [-0.39, 0.29) is 17.4 Å². The van der Waals surface area contributed by atoms with Gasteiger partial charge in [0.05, 0.1) is 26.0 Å². The van der Waals surface area contributed by atoms with E-state index in [1.54, 1.807) is 12.1 Å². The number of hydrogen-bond acceptors (Lipinski definition) is 6. The van der Waals surface area contributed by atoms with E-state index >= 15 is 0 Å². The van der Waals surface area contributed by atoms with Crippen LogP contribution in [0.2, 0.25) is 0 Å². The lowest BCUT2D eigenvalue weighted by Gasteiger charge is -2.38. The fourth-order valence-electron chi connectivity index (χ4n) is 5.25. The molecule has 7 nitrogen and oxygen atoms in total. The highest BCUT2D eigenvalue weighted by molar-refractivity contribution is 6.11. The summed E-state index contributed by atoms with van der Waals surface area (Å²) in [6.45, 7) is 0. The first-order valence-corrected chi connectivity index (χ1v) is 11.7. The van der Waals surface area contributed by atoms with Crippen molar-refractivity contribution in [1.29, 1.82) is 0 Å². The van der Waals surface area contributed by atoms with Crippen molar-refractivity contribution in [3.05, 3.63) is 101 Å². The molecule has 0 saturated heterocycles. The molecular formula is C29H24N2O5. The molecule has 2 aliphatic heterocycles. The fourth-order valence-corrected chi connectivity index (χ4v) is 5.25. The summed E-state index contributed by atoms with van der Waals surface area (Å²) in [5, 5.41) is 19.4. The molecule has 180 valence electrons. The van der Waals surface area contributed by atoms with Crippen LogP contribution in [-0.4, -0.2) is 36.0 Å². The normalized spacial score (nSPS) is 18.2. The van der Waals surface area contributed by atoms with Crippen LogP contribution in [-0.2, 0) is 0 Å². The molecule has 0 bridgehead atoms. The number of rotatable bonds is 5. The Morgan fingerprint density at radius 1 is 0.944 bits per heavy atom. The summed E-state index contributed by atoms with van der Waals surface area (Å²) in [7, 11) is 2.91. The van der Waals surface area contributed by atoms with E-state index in [2.05, 4.69) is 24.3 Å². The summed E-state index contributed by atoms with van der Waals surface area (Å²) in [6.07, 6.45) is -0.0936. The van der Waals surface area contributed by atoms with Crippen LogP contribution in [0.5, 0.6) is 17.2 Å². The third kappa shape index (κ3) is 3.35. The topological polar surface area (TPSA) is 80.6 Å². The maximum atomic E-state index is 12.4. The van der Waals surface area contributed by atoms with Crippen molar-refractivity contribution in [2.45, 2.75) is 18.7 Å². The van der Waals surface area contributed by atoms with E-state index in [9.17, 15) is 9.90 Å². The molecule has 0 aromatic heterocycles. The average Bonchev–Trinajstić information content (AvgIpc) is 3.37. The van der Waals surface area contributed by atoms with Crippen molar-refractivity contribution in [3.63, 3.8) is 0 Å². The molecule has 6 rings (SSSR count). The number of nitrogens with zero attached hydrogens (tertiary/aromatic N) is 2. The van der Waals surface area contributed by atoms with E-state index in [0.717, 1.165) is 27.6 Å². The van der Waals surface area contributed by atoms with Crippen LogP contribution < -0.4 is 14.2 Å². The first-order valence-electron chi connectivity index (χ1n) is 11.7. The van der Waals surface area contributed by atoms with E-state index in [0.29, 0.717) is 23.5 Å². The lowest BCUT2D eigenvalue weighted by molar-refractivity contribution is -0.0199. The molecule has 36 heavy (non-hydrogen) atoms. The molecule has 0 unspecified atom stereocenters. The molecule has 2 heterocycles. The van der Waals surface area contributed by atoms with E-state index < -0.39 is 12.2 Å². The Hall–Kier alpha value is -4.52. The van der Waals surface area contributed by atoms with Gasteiger partial charge in [-0.1, -0.05) is 60.7 Å². The number of ether oxygens (including phenoxy) is 3. The number of hydrazone groups is 1. The molecule has 4 aromatic carbocycles. The SMILES string of the molecule is COc1ccc([C@H]2Oc3ccccc3[C@@H]3CC(c4cccc5ccccc45)=NN23)c(C(=O)O)c1OC. The molecule has 0 amide bonds. The van der Waals surface area contributed by atoms with Crippen LogP contribution in [0.25, 0.3) is 10.8 Å². The van der Waals surface area contributed by atoms with E-state index in [4.69, 9.17) is 19.3 Å². The Labute approximate surface area is 208 Å². The second kappa shape index (κ2) is 8.61. The summed E-state index contributed by atoms with van der Waals surface area (Å²) >= 11 is 0. The standard InChI is InChI=1S/C29H24N2O5/c1-34-25-15-14-21(26(29(32)33)27(25)35-2)28-31-23(20-11-5-6-13-24(20)36-28)16-22(30-31)19-12-7-9-17-8-3-4-10-18(17)19/h3-15,23,28H,16H2,1-2H3,(H,32,33)/t23-,28+/m0/s1. The number of para-hydroxylation sites is 1. The summed E-state index contributed by atoms with van der Waals surface area (Å²) in [5.74, 6) is 0.0770. The molecule has 2 aliphatic rings. The first kappa shape index (κ1) is 22.0. The van der Waals surface area contributed by atoms with Gasteiger partial charge in [0.2, 0.25) is 6.23 Å². The lowest BCUT2D eigenvalue weighted by Crippen LogP contribution is -2.34. The smallest absolute Gasteiger partial charge is 0.340 e. The number of carbonyl (C=O) groups is 1. The Balaban J connectivity index is 1.53. The van der Waals surface area contributed by atoms with Crippen LogP contribution in [0, 0.1) is 0 Å². The monoisotopic (exact) mass is 480 g/mol. The van der Waals surface area contributed by atoms with Gasteiger partial charge in [0.25, 0.3) is 0 Å². The second-order valence-corrected chi connectivity index (χ2v) is 8.75. The zero-order valence-electron chi connectivity index (χ0n) is 19.8. The minimum Gasteiger partial charge on any atom is -0.493 e. The molecule has 0 spiro atoms. The molecule has 0 radical (unpaired) electrons. The highest BCUT2D eigenvalue weighted by Crippen LogP contribution is 2.49. The summed E-state index contributed by atoms with van der Waals surface area (Å²) < 4.78 is 17.2. The number of benzene rings is 4. The minimum atomic E-state index is -1.13. The van der Waals surface area contributed by atoms with Crippen molar-refractivity contribution in [3.8, 4) is 17.2 Å². The van der Waals surface area contributed by atoms with Gasteiger partial charge in [-0.15, -0.1) is 0 Å². The summed E-state index contributed by atoms with van der Waals surface area (Å²) in [4.78, 5) is 12.4. The van der Waals surface area contributed by atoms with Gasteiger partial charge in [-0.2, -0.15) is 5.10 Å². The zero-order chi connectivity index (χ0) is 24.8. The fraction of sp³-hybridized carbons (Fsp3) is 0.172. The van der Waals surface area contributed by atoms with Crippen LogP contribution in [0.1, 0.15) is 45.7 Å². The van der Waals surface area contributed by atoms with Crippen LogP contribution >= 0.6 is 0 Å². The van der Waals surface area contributed by atoms with Crippen molar-refractivity contribution in [1.82, 2.24) is 5.01 Å². The van der Waals surface area contributed by atoms with Crippen molar-refractivity contribution in [2.24, 2.45) is 5.10 Å². The molecule has 7 heteroatoms. The van der Waals surface area contributed by atoms with Crippen molar-refractivity contribution >= 4 is 22.5 Å². The minimum absolute atomic E-state index is 0.00575. The molecule has 4 aromatic rings. The Kier molecular flexibility index (Phi) is 5.25. The van der Waals surface area contributed by atoms with Gasteiger partial charge in [-0.25, -0.2) is 9.80 Å². The number of methoxy groups -OCH3 is 2. The largest absolute Gasteiger partial charge is 0.493 e. The average molecular weight is 481 g/mol. The quantitative estimate of drug-likeness (QED) is 0.389. The Morgan fingerprint density at radius 2 is 1.72 bits per heavy atom. The van der Waals surface area contributed by atoms with Gasteiger partial charge < -0.3 is 19.3 Å². The maximum Gasteiger partial charge on any atom is 0.340 e. The van der Waals surface area contributed by atoms with Crippen molar-refractivity contribution in [2.75, 3.05) is 14.2 Å². The molecular weight excluding hydrogens is 456 g/mol. The number of aromatic carboxylic acids is 1. The Bertz CT molecular complexity index is 1520. The zero-order valence-corrected chi connectivity index (χ0v) is 19.8. The third-order valence-corrected chi connectivity index (χ3v) is 6.86. The van der Waals surface area contributed by atoms with E-state index in [1.165, 1.54) is 14.2 Å². The summed E-state index contributed by atoms with van der Waals surface area (Å²) in [6, 6.07) is 25.6. The van der Waals surface area contributed by atoms with Gasteiger partial charge in [0, 0.05) is 23.1 Å². The number of carboxylic acid groups (broad SMARTS) is 1. The molecule has 1 N–H and O–H groups in total. The Morgan fingerprint density at radius 3 is 2.53 bits per heavy atom. The number of fused-ring (bicyclic) bond motifs is 4. The van der Waals surface area contributed by atoms with Gasteiger partial charge >= 0.3 is 5.97 Å². The maximum absolute atomic E-state index is 12.4. The molecule has 0 fully saturated rings. The predicted molar refractivity (Wildman–Crippen MR) is 136 cm³/mol. The number of carboxylic acids is 1. The lowest BCUT2D eigenvalue weighted by atomic mass is 9.93. The van der Waals surface area contributed by atoms with Gasteiger partial charge in [-0.3, -0.25) is 0 Å². The van der Waals surface area contributed by atoms with Crippen LogP contribution in [0.15, 0.2) is 84.0 Å². The molecule has 0 saturated carbocycles. The van der Waals surface area contributed by atoms with Gasteiger partial charge in [-0.05, 0) is 29.0 Å². The van der Waals surface area contributed by atoms with E-state index in [1.807, 2.05) is 47.5 Å². The highest BCUT2D eigenvalue weighted by atomic mass is 16.5. The highest BCUT2D eigenvalue weighted by Gasteiger charge is 2.43. The summed E-state index contributed by atoms with van der Waals surface area (Å²) in [5.41, 5.74) is 3.45. The van der Waals surface area contributed by atoms with Gasteiger partial charge in [0.1, 0.15) is 11.3 Å². The van der Waals surface area contributed by atoms with Gasteiger partial charge in [0.15, 0.2) is 11.5 Å². The van der Waals surface area contributed by atoms with Crippen LogP contribution in [0.3, 0.4) is 0 Å². The molecule has 2 atom stereocenters. The number of hydrogen-bond donors (Lipinski definition) is 1. The predicted octanol–water partition coefficient (Wildman–Crippen LogP) is 5.80. The van der Waals surface area contributed by atoms with Crippen LogP contribution in [0.4, 0.5) is 0 Å². The molecule has 0 aliphatic carbocycles. The first-order chi connectivity index (χ1) is 17.6.